The maximum absolute atomic E-state index is 6.22. The number of nitrogen functional groups attached to an aromatic ring is 1. The molecule has 0 saturated carbocycles. The first-order chi connectivity index (χ1) is 8.73. The van der Waals surface area contributed by atoms with Crippen molar-refractivity contribution in [1.29, 1.82) is 0 Å². The van der Waals surface area contributed by atoms with Crippen LogP contribution in [0.5, 0.6) is 0 Å². The average molecular weight is 298 g/mol. The minimum absolute atomic E-state index is 0.102. The molecule has 0 spiro atoms. The number of aromatic nitrogens is 2. The lowest BCUT2D eigenvalue weighted by Gasteiger charge is -2.17. The summed E-state index contributed by atoms with van der Waals surface area (Å²) in [7, 11) is 1.90. The molecule has 0 bridgehead atoms. The van der Waals surface area contributed by atoms with Crippen molar-refractivity contribution in [2.45, 2.75) is 26.2 Å². The summed E-state index contributed by atoms with van der Waals surface area (Å²) in [5.74, 6) is 1.47. The van der Waals surface area contributed by atoms with E-state index in [1.807, 2.05) is 11.6 Å². The molecule has 1 heterocycles. The van der Waals surface area contributed by atoms with E-state index in [4.69, 9.17) is 28.9 Å². The molecule has 19 heavy (non-hydrogen) atoms. The highest BCUT2D eigenvalue weighted by atomic mass is 35.5. The Morgan fingerprint density at radius 1 is 1.16 bits per heavy atom. The zero-order valence-corrected chi connectivity index (χ0v) is 13.0. The van der Waals surface area contributed by atoms with Crippen LogP contribution in [-0.2, 0) is 12.5 Å². The van der Waals surface area contributed by atoms with Gasteiger partial charge in [0.05, 0.1) is 10.0 Å². The summed E-state index contributed by atoms with van der Waals surface area (Å²) in [5, 5.41) is 1.11. The molecule has 3 nitrogen and oxygen atoms in total. The van der Waals surface area contributed by atoms with E-state index >= 15 is 0 Å². The Bertz CT molecular complexity index is 604. The van der Waals surface area contributed by atoms with Gasteiger partial charge in [0.2, 0.25) is 0 Å². The van der Waals surface area contributed by atoms with Gasteiger partial charge >= 0.3 is 0 Å². The third-order valence-corrected chi connectivity index (χ3v) is 3.64. The number of imidazole rings is 1. The van der Waals surface area contributed by atoms with Crippen molar-refractivity contribution >= 4 is 29.0 Å². The molecule has 0 aliphatic carbocycles. The molecule has 5 heteroatoms. The number of nitrogens with zero attached hydrogens (tertiary/aromatic N) is 2. The lowest BCUT2D eigenvalue weighted by atomic mass is 9.96. The molecule has 2 aromatic rings. The molecule has 0 saturated heterocycles. The van der Waals surface area contributed by atoms with Crippen molar-refractivity contribution in [3.05, 3.63) is 34.1 Å². The van der Waals surface area contributed by atoms with E-state index in [2.05, 4.69) is 25.8 Å². The summed E-state index contributed by atoms with van der Waals surface area (Å²) in [6.07, 6.45) is 0. The molecule has 1 aromatic carbocycles. The summed E-state index contributed by atoms with van der Waals surface area (Å²) < 4.78 is 1.88. The molecular weight excluding hydrogens is 281 g/mol. The fraction of sp³-hybridized carbons (Fsp3) is 0.357. The summed E-state index contributed by atoms with van der Waals surface area (Å²) in [6, 6.07) is 5.37. The lowest BCUT2D eigenvalue weighted by Crippen LogP contribution is -2.17. The van der Waals surface area contributed by atoms with Crippen LogP contribution in [0.4, 0.5) is 5.82 Å². The Morgan fingerprint density at radius 3 is 2.11 bits per heavy atom. The maximum Gasteiger partial charge on any atom is 0.131 e. The molecule has 0 atom stereocenters. The molecule has 2 N–H and O–H groups in total. The van der Waals surface area contributed by atoms with Crippen LogP contribution in [0, 0.1) is 0 Å². The van der Waals surface area contributed by atoms with Gasteiger partial charge in [-0.25, -0.2) is 4.98 Å². The standard InChI is InChI=1S/C14H17Cl2N3/c1-14(2,3)13-18-11(12(17)19(13)4)10-8(15)6-5-7-9(10)16/h5-7H,17H2,1-4H3. The van der Waals surface area contributed by atoms with E-state index in [1.54, 1.807) is 18.2 Å². The van der Waals surface area contributed by atoms with Gasteiger partial charge in [-0.3, -0.25) is 0 Å². The normalized spacial score (nSPS) is 11.9. The Morgan fingerprint density at radius 2 is 1.68 bits per heavy atom. The van der Waals surface area contributed by atoms with E-state index in [9.17, 15) is 0 Å². The van der Waals surface area contributed by atoms with Crippen LogP contribution in [0.1, 0.15) is 26.6 Å². The number of hydrogen-bond donors (Lipinski definition) is 1. The second kappa shape index (κ2) is 4.73. The second-order valence-electron chi connectivity index (χ2n) is 5.57. The largest absolute Gasteiger partial charge is 0.383 e. The molecule has 0 aliphatic rings. The summed E-state index contributed by atoms with van der Waals surface area (Å²) >= 11 is 12.4. The van der Waals surface area contributed by atoms with Gasteiger partial charge < -0.3 is 10.3 Å². The Balaban J connectivity index is 2.72. The molecular formula is C14H17Cl2N3. The van der Waals surface area contributed by atoms with Gasteiger partial charge in [-0.2, -0.15) is 0 Å². The fourth-order valence-corrected chi connectivity index (χ4v) is 2.67. The molecule has 0 aliphatic heterocycles. The first-order valence-corrected chi connectivity index (χ1v) is 6.76. The third-order valence-electron chi connectivity index (χ3n) is 3.01. The Labute approximate surface area is 123 Å². The topological polar surface area (TPSA) is 43.8 Å². The van der Waals surface area contributed by atoms with Gasteiger partial charge in [-0.1, -0.05) is 50.0 Å². The monoisotopic (exact) mass is 297 g/mol. The summed E-state index contributed by atoms with van der Waals surface area (Å²) in [4.78, 5) is 4.64. The highest BCUT2D eigenvalue weighted by Crippen LogP contribution is 2.38. The zero-order valence-electron chi connectivity index (χ0n) is 11.5. The van der Waals surface area contributed by atoms with Crippen LogP contribution < -0.4 is 5.73 Å². The molecule has 2 rings (SSSR count). The Hall–Kier alpha value is -1.19. The Kier molecular flexibility index (Phi) is 3.54. The number of anilines is 1. The molecule has 0 unspecified atom stereocenters. The van der Waals surface area contributed by atoms with Gasteiger partial charge in [0.25, 0.3) is 0 Å². The van der Waals surface area contributed by atoms with E-state index in [-0.39, 0.29) is 5.41 Å². The molecule has 0 fully saturated rings. The molecule has 102 valence electrons. The van der Waals surface area contributed by atoms with Crippen molar-refractivity contribution < 1.29 is 0 Å². The first kappa shape index (κ1) is 14.2. The van der Waals surface area contributed by atoms with Crippen molar-refractivity contribution in [2.24, 2.45) is 7.05 Å². The second-order valence-corrected chi connectivity index (χ2v) is 6.39. The predicted octanol–water partition coefficient (Wildman–Crippen LogP) is 4.27. The molecule has 1 aromatic heterocycles. The van der Waals surface area contributed by atoms with Crippen LogP contribution in [0.2, 0.25) is 10.0 Å². The van der Waals surface area contributed by atoms with E-state index in [0.717, 1.165) is 5.82 Å². The smallest absolute Gasteiger partial charge is 0.131 e. The zero-order chi connectivity index (χ0) is 14.4. The van der Waals surface area contributed by atoms with Gasteiger partial charge in [0.1, 0.15) is 17.3 Å². The highest BCUT2D eigenvalue weighted by Gasteiger charge is 2.25. The number of halogens is 2. The van der Waals surface area contributed by atoms with Crippen molar-refractivity contribution in [1.82, 2.24) is 9.55 Å². The predicted molar refractivity (Wildman–Crippen MR) is 81.8 cm³/mol. The number of benzene rings is 1. The van der Waals surface area contributed by atoms with E-state index in [1.165, 1.54) is 0 Å². The average Bonchev–Trinajstić information content (AvgIpc) is 2.57. The molecule has 0 radical (unpaired) electrons. The van der Waals surface area contributed by atoms with Crippen molar-refractivity contribution in [3.8, 4) is 11.3 Å². The SMILES string of the molecule is Cn1c(C(C)(C)C)nc(-c2c(Cl)cccc2Cl)c1N. The minimum Gasteiger partial charge on any atom is -0.383 e. The van der Waals surface area contributed by atoms with Crippen molar-refractivity contribution in [3.63, 3.8) is 0 Å². The van der Waals surface area contributed by atoms with Crippen LogP contribution in [0.25, 0.3) is 11.3 Å². The van der Waals surface area contributed by atoms with Crippen LogP contribution in [0.3, 0.4) is 0 Å². The number of rotatable bonds is 1. The summed E-state index contributed by atoms with van der Waals surface area (Å²) in [6.45, 7) is 6.27. The van der Waals surface area contributed by atoms with E-state index in [0.29, 0.717) is 27.1 Å². The van der Waals surface area contributed by atoms with Crippen LogP contribution >= 0.6 is 23.2 Å². The lowest BCUT2D eigenvalue weighted by molar-refractivity contribution is 0.524. The number of hydrogen-bond acceptors (Lipinski definition) is 2. The van der Waals surface area contributed by atoms with Gasteiger partial charge in [-0.05, 0) is 12.1 Å². The first-order valence-electron chi connectivity index (χ1n) is 6.00. The maximum atomic E-state index is 6.22. The molecule has 0 amide bonds. The third kappa shape index (κ3) is 2.45. The number of nitrogens with two attached hydrogens (primary N) is 1. The minimum atomic E-state index is -0.102. The van der Waals surface area contributed by atoms with Crippen LogP contribution in [0.15, 0.2) is 18.2 Å². The van der Waals surface area contributed by atoms with Crippen LogP contribution in [-0.4, -0.2) is 9.55 Å². The van der Waals surface area contributed by atoms with Gasteiger partial charge in [0, 0.05) is 18.0 Å². The summed E-state index contributed by atoms with van der Waals surface area (Å²) in [5.41, 5.74) is 7.38. The van der Waals surface area contributed by atoms with E-state index < -0.39 is 0 Å². The van der Waals surface area contributed by atoms with Gasteiger partial charge in [0.15, 0.2) is 0 Å². The fourth-order valence-electron chi connectivity index (χ4n) is 2.09. The highest BCUT2D eigenvalue weighted by molar-refractivity contribution is 6.39. The quantitative estimate of drug-likeness (QED) is 0.854. The van der Waals surface area contributed by atoms with Gasteiger partial charge in [-0.15, -0.1) is 0 Å². The van der Waals surface area contributed by atoms with Crippen molar-refractivity contribution in [2.75, 3.05) is 5.73 Å².